The van der Waals surface area contributed by atoms with Crippen LogP contribution < -0.4 is 5.32 Å². The van der Waals surface area contributed by atoms with E-state index in [0.717, 1.165) is 36.0 Å². The zero-order chi connectivity index (χ0) is 19.8. The highest BCUT2D eigenvalue weighted by atomic mass is 16.3. The van der Waals surface area contributed by atoms with E-state index in [1.54, 1.807) is 12.1 Å². The monoisotopic (exact) mass is 387 g/mol. The Morgan fingerprint density at radius 1 is 1.28 bits per heavy atom. The van der Waals surface area contributed by atoms with Crippen LogP contribution in [0, 0.1) is 11.8 Å². The normalized spacial score (nSPS) is 26.9. The zero-order valence-electron chi connectivity index (χ0n) is 16.3. The SMILES string of the molecule is C=C[C@H]1CN2CC[C@H]1C[C@@H]2[C@@H](NC(=O)c1ccco1)c1ccnc2ccccc12. The Bertz CT molecular complexity index is 1020. The molecule has 0 saturated carbocycles. The van der Waals surface area contributed by atoms with Crippen molar-refractivity contribution in [2.24, 2.45) is 11.8 Å². The minimum atomic E-state index is -0.177. The average Bonchev–Trinajstić information content (AvgIpc) is 3.32. The number of nitrogens with zero attached hydrogens (tertiary/aromatic N) is 2. The fourth-order valence-corrected chi connectivity index (χ4v) is 5.11. The van der Waals surface area contributed by atoms with Crippen LogP contribution in [0.15, 0.2) is 72.0 Å². The second-order valence-corrected chi connectivity index (χ2v) is 8.09. The van der Waals surface area contributed by atoms with Gasteiger partial charge in [-0.15, -0.1) is 6.58 Å². The Balaban J connectivity index is 1.55. The number of furan rings is 1. The number of hydrogen-bond donors (Lipinski definition) is 1. The molecule has 0 aliphatic carbocycles. The van der Waals surface area contributed by atoms with Crippen molar-refractivity contribution in [2.45, 2.75) is 24.9 Å². The van der Waals surface area contributed by atoms with Gasteiger partial charge in [-0.3, -0.25) is 14.7 Å². The molecule has 29 heavy (non-hydrogen) atoms. The molecular formula is C24H25N3O2. The number of rotatable bonds is 5. The van der Waals surface area contributed by atoms with Crippen molar-refractivity contribution in [1.82, 2.24) is 15.2 Å². The molecule has 5 heteroatoms. The lowest BCUT2D eigenvalue weighted by molar-refractivity contribution is 0.00152. The number of hydrogen-bond acceptors (Lipinski definition) is 4. The van der Waals surface area contributed by atoms with E-state index < -0.39 is 0 Å². The molecule has 3 aromatic rings. The molecule has 3 aliphatic rings. The van der Waals surface area contributed by atoms with Crippen molar-refractivity contribution in [3.63, 3.8) is 0 Å². The molecule has 1 amide bonds. The summed E-state index contributed by atoms with van der Waals surface area (Å²) in [5.74, 6) is 1.33. The predicted octanol–water partition coefficient (Wildman–Crippen LogP) is 4.20. The summed E-state index contributed by atoms with van der Waals surface area (Å²) < 4.78 is 5.35. The lowest BCUT2D eigenvalue weighted by Crippen LogP contribution is -2.57. The third kappa shape index (κ3) is 3.25. The van der Waals surface area contributed by atoms with Gasteiger partial charge < -0.3 is 9.73 Å². The molecular weight excluding hydrogens is 362 g/mol. The summed E-state index contributed by atoms with van der Waals surface area (Å²) in [4.78, 5) is 20.0. The van der Waals surface area contributed by atoms with Crippen LogP contribution in [0.3, 0.4) is 0 Å². The van der Waals surface area contributed by atoms with Crippen LogP contribution in [0.1, 0.15) is 35.0 Å². The van der Waals surface area contributed by atoms with Crippen molar-refractivity contribution in [2.75, 3.05) is 13.1 Å². The van der Waals surface area contributed by atoms with Crippen LogP contribution in [0.2, 0.25) is 0 Å². The van der Waals surface area contributed by atoms with Crippen molar-refractivity contribution < 1.29 is 9.21 Å². The number of aromatic nitrogens is 1. The van der Waals surface area contributed by atoms with E-state index in [-0.39, 0.29) is 18.0 Å². The summed E-state index contributed by atoms with van der Waals surface area (Å²) in [5.41, 5.74) is 2.06. The highest BCUT2D eigenvalue weighted by Gasteiger charge is 2.43. The maximum atomic E-state index is 12.9. The second-order valence-electron chi connectivity index (χ2n) is 8.09. The molecule has 5 atom stereocenters. The van der Waals surface area contributed by atoms with Crippen LogP contribution in [0.4, 0.5) is 0 Å². The van der Waals surface area contributed by atoms with Crippen molar-refractivity contribution in [3.05, 3.63) is 78.9 Å². The van der Waals surface area contributed by atoms with E-state index in [1.807, 2.05) is 30.5 Å². The Morgan fingerprint density at radius 2 is 2.17 bits per heavy atom. The van der Waals surface area contributed by atoms with Gasteiger partial charge in [-0.1, -0.05) is 24.3 Å². The number of piperidine rings is 3. The van der Waals surface area contributed by atoms with Crippen LogP contribution in [-0.4, -0.2) is 34.9 Å². The van der Waals surface area contributed by atoms with Gasteiger partial charge in [0.25, 0.3) is 5.91 Å². The van der Waals surface area contributed by atoms with Crippen LogP contribution in [0.5, 0.6) is 0 Å². The maximum Gasteiger partial charge on any atom is 0.287 e. The topological polar surface area (TPSA) is 58.4 Å². The Morgan fingerprint density at radius 3 is 2.93 bits per heavy atom. The van der Waals surface area contributed by atoms with Gasteiger partial charge in [-0.05, 0) is 61.1 Å². The van der Waals surface area contributed by atoms with Gasteiger partial charge in [0.05, 0.1) is 17.8 Å². The fourth-order valence-electron chi connectivity index (χ4n) is 5.11. The summed E-state index contributed by atoms with van der Waals surface area (Å²) in [5, 5.41) is 4.37. The van der Waals surface area contributed by atoms with Gasteiger partial charge in [0, 0.05) is 24.2 Å². The molecule has 0 spiro atoms. The summed E-state index contributed by atoms with van der Waals surface area (Å²) in [6.07, 6.45) is 7.73. The smallest absolute Gasteiger partial charge is 0.287 e. The largest absolute Gasteiger partial charge is 0.459 e. The first-order valence-electron chi connectivity index (χ1n) is 10.3. The van der Waals surface area contributed by atoms with Crippen LogP contribution in [0.25, 0.3) is 10.9 Å². The molecule has 5 nitrogen and oxygen atoms in total. The molecule has 2 aromatic heterocycles. The minimum Gasteiger partial charge on any atom is -0.459 e. The van der Waals surface area contributed by atoms with Gasteiger partial charge in [0.15, 0.2) is 5.76 Å². The molecule has 1 aromatic carbocycles. The van der Waals surface area contributed by atoms with E-state index in [9.17, 15) is 4.79 Å². The summed E-state index contributed by atoms with van der Waals surface area (Å²) in [7, 11) is 0. The van der Waals surface area contributed by atoms with E-state index in [2.05, 4.69) is 33.9 Å². The summed E-state index contributed by atoms with van der Waals surface area (Å²) in [6, 6.07) is 13.7. The molecule has 3 fully saturated rings. The number of pyridine rings is 1. The average molecular weight is 387 g/mol. The first kappa shape index (κ1) is 18.1. The first-order valence-corrected chi connectivity index (χ1v) is 10.3. The number of para-hydroxylation sites is 1. The van der Waals surface area contributed by atoms with Gasteiger partial charge in [-0.2, -0.15) is 0 Å². The van der Waals surface area contributed by atoms with Gasteiger partial charge >= 0.3 is 0 Å². The zero-order valence-corrected chi connectivity index (χ0v) is 16.3. The Kier molecular flexibility index (Phi) is 4.68. The third-order valence-corrected chi connectivity index (χ3v) is 6.59. The lowest BCUT2D eigenvalue weighted by Gasteiger charge is -2.51. The van der Waals surface area contributed by atoms with Gasteiger partial charge in [-0.25, -0.2) is 0 Å². The molecule has 3 saturated heterocycles. The first-order chi connectivity index (χ1) is 14.2. The fraction of sp³-hybridized carbons (Fsp3) is 0.333. The number of amides is 1. The standard InChI is InChI=1S/C24H25N3O2/c1-2-16-15-27-12-10-17(16)14-21(27)23(26-24(28)22-8-5-13-29-22)19-9-11-25-20-7-4-3-6-18(19)20/h2-9,11,13,16-17,21,23H,1,10,12,14-15H2,(H,26,28)/t16-,17-,21+,23-/m0/s1. The van der Waals surface area contributed by atoms with Gasteiger partial charge in [0.1, 0.15) is 0 Å². The van der Waals surface area contributed by atoms with E-state index in [0.29, 0.717) is 17.6 Å². The Hall–Kier alpha value is -2.92. The molecule has 1 N–H and O–H groups in total. The number of benzene rings is 1. The number of carbonyl (C=O) groups excluding carboxylic acids is 1. The van der Waals surface area contributed by atoms with Crippen LogP contribution in [-0.2, 0) is 0 Å². The van der Waals surface area contributed by atoms with E-state index in [4.69, 9.17) is 4.42 Å². The number of fused-ring (bicyclic) bond motifs is 4. The van der Waals surface area contributed by atoms with Crippen molar-refractivity contribution in [3.8, 4) is 0 Å². The van der Waals surface area contributed by atoms with E-state index in [1.165, 1.54) is 12.7 Å². The molecule has 3 aliphatic heterocycles. The van der Waals surface area contributed by atoms with Crippen molar-refractivity contribution in [1.29, 1.82) is 0 Å². The van der Waals surface area contributed by atoms with Crippen LogP contribution >= 0.6 is 0 Å². The maximum absolute atomic E-state index is 12.9. The molecule has 148 valence electrons. The molecule has 1 unspecified atom stereocenters. The molecule has 0 radical (unpaired) electrons. The highest BCUT2D eigenvalue weighted by Crippen LogP contribution is 2.42. The number of carbonyl (C=O) groups is 1. The predicted molar refractivity (Wildman–Crippen MR) is 112 cm³/mol. The van der Waals surface area contributed by atoms with Crippen molar-refractivity contribution >= 4 is 16.8 Å². The Labute approximate surface area is 170 Å². The molecule has 6 rings (SSSR count). The minimum absolute atomic E-state index is 0.130. The second kappa shape index (κ2) is 7.48. The third-order valence-electron chi connectivity index (χ3n) is 6.59. The summed E-state index contributed by atoms with van der Waals surface area (Å²) in [6.45, 7) is 6.11. The molecule has 5 heterocycles. The molecule has 2 bridgehead atoms. The lowest BCUT2D eigenvalue weighted by atomic mass is 9.73. The van der Waals surface area contributed by atoms with Gasteiger partial charge in [0.2, 0.25) is 0 Å². The highest BCUT2D eigenvalue weighted by molar-refractivity contribution is 5.92. The quantitative estimate of drug-likeness (QED) is 0.667. The number of nitrogens with one attached hydrogen (secondary N) is 1. The summed E-state index contributed by atoms with van der Waals surface area (Å²) >= 11 is 0. The van der Waals surface area contributed by atoms with E-state index >= 15 is 0 Å².